The first-order valence-corrected chi connectivity index (χ1v) is 6.32. The van der Waals surface area contributed by atoms with E-state index in [9.17, 15) is 0 Å². The Bertz CT molecular complexity index is 357. The molecule has 2 nitrogen and oxygen atoms in total. The summed E-state index contributed by atoms with van der Waals surface area (Å²) in [6.45, 7) is 10.1. The number of piperazine rings is 1. The summed E-state index contributed by atoms with van der Waals surface area (Å²) in [5, 5.41) is 0.832. The molecule has 0 aliphatic carbocycles. The minimum absolute atomic E-state index is 0.832. The Hall–Kier alpha value is -0.730. The summed E-state index contributed by atoms with van der Waals surface area (Å²) < 4.78 is 0. The Morgan fingerprint density at radius 1 is 1.19 bits per heavy atom. The van der Waals surface area contributed by atoms with Crippen molar-refractivity contribution in [2.75, 3.05) is 37.6 Å². The van der Waals surface area contributed by atoms with Crippen LogP contribution in [0.3, 0.4) is 0 Å². The van der Waals surface area contributed by atoms with Crippen LogP contribution in [0.25, 0.3) is 0 Å². The first kappa shape index (κ1) is 11.7. The molecule has 1 saturated heterocycles. The molecule has 0 bridgehead atoms. The van der Waals surface area contributed by atoms with Gasteiger partial charge < -0.3 is 9.80 Å². The normalized spacial score (nSPS) is 17.8. The van der Waals surface area contributed by atoms with Gasteiger partial charge in [0.25, 0.3) is 0 Å². The van der Waals surface area contributed by atoms with Gasteiger partial charge in [-0.3, -0.25) is 0 Å². The highest BCUT2D eigenvalue weighted by Crippen LogP contribution is 2.25. The van der Waals surface area contributed by atoms with E-state index < -0.39 is 0 Å². The summed E-state index contributed by atoms with van der Waals surface area (Å²) in [4.78, 5) is 4.92. The van der Waals surface area contributed by atoms with Crippen molar-refractivity contribution in [1.29, 1.82) is 0 Å². The molecule has 1 aromatic rings. The van der Waals surface area contributed by atoms with E-state index in [1.807, 2.05) is 6.07 Å². The molecule has 0 amide bonds. The summed E-state index contributed by atoms with van der Waals surface area (Å²) >= 11 is 6.05. The van der Waals surface area contributed by atoms with Gasteiger partial charge in [0.2, 0.25) is 0 Å². The monoisotopic (exact) mass is 238 g/mol. The molecule has 0 spiro atoms. The Morgan fingerprint density at radius 3 is 2.50 bits per heavy atom. The fourth-order valence-corrected chi connectivity index (χ4v) is 2.39. The van der Waals surface area contributed by atoms with Gasteiger partial charge in [-0.05, 0) is 31.2 Å². The third kappa shape index (κ3) is 2.50. The highest BCUT2D eigenvalue weighted by Gasteiger charge is 2.17. The maximum absolute atomic E-state index is 6.05. The number of hydrogen-bond donors (Lipinski definition) is 0. The van der Waals surface area contributed by atoms with Gasteiger partial charge in [0.1, 0.15) is 0 Å². The van der Waals surface area contributed by atoms with Gasteiger partial charge in [0.15, 0.2) is 0 Å². The number of anilines is 1. The fourth-order valence-electron chi connectivity index (χ4n) is 2.23. The molecule has 3 heteroatoms. The number of hydrogen-bond acceptors (Lipinski definition) is 2. The van der Waals surface area contributed by atoms with Gasteiger partial charge >= 0.3 is 0 Å². The standard InChI is InChI=1S/C13H19ClN2/c1-3-15-6-8-16(9-7-15)13-10-12(14)5-4-11(13)2/h4-5,10H,3,6-9H2,1-2H3. The number of benzene rings is 1. The Balaban J connectivity index is 2.10. The second-order valence-electron chi connectivity index (χ2n) is 4.35. The molecule has 1 aromatic carbocycles. The average Bonchev–Trinajstić information content (AvgIpc) is 2.32. The lowest BCUT2D eigenvalue weighted by Crippen LogP contribution is -2.46. The van der Waals surface area contributed by atoms with Crippen LogP contribution < -0.4 is 4.90 Å². The van der Waals surface area contributed by atoms with Crippen molar-refractivity contribution < 1.29 is 0 Å². The van der Waals surface area contributed by atoms with Crippen molar-refractivity contribution in [3.05, 3.63) is 28.8 Å². The number of likely N-dealkylation sites (N-methyl/N-ethyl adjacent to an activating group) is 1. The van der Waals surface area contributed by atoms with Crippen molar-refractivity contribution in [3.63, 3.8) is 0 Å². The summed E-state index contributed by atoms with van der Waals surface area (Å²) in [5.41, 5.74) is 2.61. The summed E-state index contributed by atoms with van der Waals surface area (Å²) in [6, 6.07) is 6.14. The first-order chi connectivity index (χ1) is 7.70. The van der Waals surface area contributed by atoms with Gasteiger partial charge in [-0.15, -0.1) is 0 Å². The van der Waals surface area contributed by atoms with Crippen LogP contribution in [0.1, 0.15) is 12.5 Å². The minimum atomic E-state index is 0.832. The summed E-state index contributed by atoms with van der Waals surface area (Å²) in [7, 11) is 0. The lowest BCUT2D eigenvalue weighted by Gasteiger charge is -2.36. The first-order valence-electron chi connectivity index (χ1n) is 5.94. The van der Waals surface area contributed by atoms with Crippen molar-refractivity contribution >= 4 is 17.3 Å². The van der Waals surface area contributed by atoms with Gasteiger partial charge in [0, 0.05) is 36.9 Å². The van der Waals surface area contributed by atoms with Crippen molar-refractivity contribution in [2.24, 2.45) is 0 Å². The third-order valence-corrected chi connectivity index (χ3v) is 3.57. The van der Waals surface area contributed by atoms with Crippen LogP contribution in [0.2, 0.25) is 5.02 Å². The van der Waals surface area contributed by atoms with Gasteiger partial charge in [-0.25, -0.2) is 0 Å². The number of aryl methyl sites for hydroxylation is 1. The van der Waals surface area contributed by atoms with Gasteiger partial charge in [-0.2, -0.15) is 0 Å². The number of rotatable bonds is 2. The molecule has 0 aromatic heterocycles. The molecule has 16 heavy (non-hydrogen) atoms. The molecular formula is C13H19ClN2. The maximum Gasteiger partial charge on any atom is 0.0426 e. The zero-order valence-corrected chi connectivity index (χ0v) is 10.8. The van der Waals surface area contributed by atoms with Crippen LogP contribution in [-0.4, -0.2) is 37.6 Å². The Morgan fingerprint density at radius 2 is 1.88 bits per heavy atom. The highest BCUT2D eigenvalue weighted by atomic mass is 35.5. The topological polar surface area (TPSA) is 6.48 Å². The van der Waals surface area contributed by atoms with Crippen LogP contribution in [0.5, 0.6) is 0 Å². The zero-order valence-electron chi connectivity index (χ0n) is 10.0. The molecule has 1 aliphatic heterocycles. The maximum atomic E-state index is 6.05. The SMILES string of the molecule is CCN1CCN(c2cc(Cl)ccc2C)CC1. The van der Waals surface area contributed by atoms with Crippen LogP contribution in [-0.2, 0) is 0 Å². The molecule has 0 atom stereocenters. The number of halogens is 1. The van der Waals surface area contributed by atoms with Crippen molar-refractivity contribution in [2.45, 2.75) is 13.8 Å². The predicted molar refractivity (Wildman–Crippen MR) is 70.5 cm³/mol. The molecule has 1 aliphatic rings. The van der Waals surface area contributed by atoms with E-state index in [2.05, 4.69) is 35.8 Å². The average molecular weight is 239 g/mol. The third-order valence-electron chi connectivity index (χ3n) is 3.33. The molecule has 0 saturated carbocycles. The molecule has 88 valence electrons. The van der Waals surface area contributed by atoms with Crippen LogP contribution >= 0.6 is 11.6 Å². The molecule has 1 fully saturated rings. The van der Waals surface area contributed by atoms with E-state index in [0.717, 1.165) is 37.7 Å². The molecule has 1 heterocycles. The van der Waals surface area contributed by atoms with Crippen LogP contribution in [0.15, 0.2) is 18.2 Å². The summed E-state index contributed by atoms with van der Waals surface area (Å²) in [5.74, 6) is 0. The van der Waals surface area contributed by atoms with E-state index >= 15 is 0 Å². The van der Waals surface area contributed by atoms with E-state index in [4.69, 9.17) is 11.6 Å². The molecule has 0 radical (unpaired) electrons. The Labute approximate surface area is 103 Å². The van der Waals surface area contributed by atoms with Crippen molar-refractivity contribution in [3.8, 4) is 0 Å². The molecular weight excluding hydrogens is 220 g/mol. The second-order valence-corrected chi connectivity index (χ2v) is 4.79. The fraction of sp³-hybridized carbons (Fsp3) is 0.538. The Kier molecular flexibility index (Phi) is 3.72. The highest BCUT2D eigenvalue weighted by molar-refractivity contribution is 6.30. The largest absolute Gasteiger partial charge is 0.369 e. The van der Waals surface area contributed by atoms with E-state index in [-0.39, 0.29) is 0 Å². The van der Waals surface area contributed by atoms with E-state index in [1.165, 1.54) is 11.3 Å². The summed E-state index contributed by atoms with van der Waals surface area (Å²) in [6.07, 6.45) is 0. The molecule has 0 N–H and O–H groups in total. The predicted octanol–water partition coefficient (Wildman–Crippen LogP) is 2.79. The smallest absolute Gasteiger partial charge is 0.0426 e. The second kappa shape index (κ2) is 5.07. The molecule has 0 unspecified atom stereocenters. The lowest BCUT2D eigenvalue weighted by molar-refractivity contribution is 0.271. The van der Waals surface area contributed by atoms with E-state index in [0.29, 0.717) is 0 Å². The zero-order chi connectivity index (χ0) is 11.5. The minimum Gasteiger partial charge on any atom is -0.369 e. The van der Waals surface area contributed by atoms with Crippen LogP contribution in [0, 0.1) is 6.92 Å². The van der Waals surface area contributed by atoms with E-state index in [1.54, 1.807) is 0 Å². The van der Waals surface area contributed by atoms with Gasteiger partial charge in [-0.1, -0.05) is 24.6 Å². The molecule has 2 rings (SSSR count). The lowest BCUT2D eigenvalue weighted by atomic mass is 10.1. The van der Waals surface area contributed by atoms with Crippen LogP contribution in [0.4, 0.5) is 5.69 Å². The number of nitrogens with zero attached hydrogens (tertiary/aromatic N) is 2. The van der Waals surface area contributed by atoms with Crippen molar-refractivity contribution in [1.82, 2.24) is 4.90 Å². The van der Waals surface area contributed by atoms with Gasteiger partial charge in [0.05, 0.1) is 0 Å². The quantitative estimate of drug-likeness (QED) is 0.782.